The Morgan fingerprint density at radius 2 is 2.00 bits per heavy atom. The highest BCUT2D eigenvalue weighted by Crippen LogP contribution is 2.47. The number of phenols is 1. The highest BCUT2D eigenvalue weighted by atomic mass is 32.2. The third kappa shape index (κ3) is 1.88. The molecule has 1 aromatic rings. The van der Waals surface area contributed by atoms with Crippen LogP contribution in [0.4, 0.5) is 5.69 Å². The van der Waals surface area contributed by atoms with Crippen LogP contribution in [0.3, 0.4) is 0 Å². The van der Waals surface area contributed by atoms with Crippen LogP contribution in [0.5, 0.6) is 5.75 Å². The number of carbonyl (C=O) groups excluding carboxylic acids is 1. The van der Waals surface area contributed by atoms with Gasteiger partial charge in [0.25, 0.3) is 0 Å². The lowest BCUT2D eigenvalue weighted by molar-refractivity contribution is -0.126. The van der Waals surface area contributed by atoms with E-state index < -0.39 is 0 Å². The average Bonchev–Trinajstić information content (AvgIpc) is 2.52. The number of phenolic OH excluding ortho intramolecular Hbond substituents is 1. The van der Waals surface area contributed by atoms with Gasteiger partial charge in [-0.3, -0.25) is 4.79 Å². The Hall–Kier alpha value is -1.16. The number of anilines is 1. The SMILES string of the molecule is O=C1Nc2c(O)cccc2SCC12CCCCC2. The molecule has 1 aliphatic carbocycles. The van der Waals surface area contributed by atoms with E-state index in [0.717, 1.165) is 36.3 Å². The first kappa shape index (κ1) is 11.9. The number of hydrogen-bond donors (Lipinski definition) is 2. The molecule has 1 spiro atoms. The molecule has 1 heterocycles. The fraction of sp³-hybridized carbons (Fsp3) is 0.500. The maximum atomic E-state index is 12.5. The van der Waals surface area contributed by atoms with Gasteiger partial charge in [0.2, 0.25) is 5.91 Å². The van der Waals surface area contributed by atoms with E-state index in [-0.39, 0.29) is 17.1 Å². The summed E-state index contributed by atoms with van der Waals surface area (Å²) < 4.78 is 0. The fourth-order valence-corrected chi connectivity index (χ4v) is 4.22. The second-order valence-corrected chi connectivity index (χ2v) is 6.25. The van der Waals surface area contributed by atoms with E-state index in [4.69, 9.17) is 0 Å². The third-order valence-corrected chi connectivity index (χ3v) is 5.39. The summed E-state index contributed by atoms with van der Waals surface area (Å²) in [4.78, 5) is 13.4. The molecule has 1 aromatic carbocycles. The largest absolute Gasteiger partial charge is 0.506 e. The minimum absolute atomic E-state index is 0.0925. The van der Waals surface area contributed by atoms with Crippen LogP contribution >= 0.6 is 11.8 Å². The number of benzene rings is 1. The molecule has 0 saturated heterocycles. The van der Waals surface area contributed by atoms with Crippen molar-refractivity contribution in [2.24, 2.45) is 5.41 Å². The molecule has 0 unspecified atom stereocenters. The van der Waals surface area contributed by atoms with Gasteiger partial charge in [-0.1, -0.05) is 25.3 Å². The summed E-state index contributed by atoms with van der Waals surface area (Å²) in [5.74, 6) is 1.09. The third-order valence-electron chi connectivity index (χ3n) is 4.04. The second kappa shape index (κ2) is 4.50. The zero-order valence-electron chi connectivity index (χ0n) is 10.2. The Kier molecular flexibility index (Phi) is 2.98. The van der Waals surface area contributed by atoms with Crippen molar-refractivity contribution in [2.75, 3.05) is 11.1 Å². The lowest BCUT2D eigenvalue weighted by atomic mass is 9.75. The van der Waals surface area contributed by atoms with Crippen LogP contribution in [0.25, 0.3) is 0 Å². The van der Waals surface area contributed by atoms with E-state index in [9.17, 15) is 9.90 Å². The van der Waals surface area contributed by atoms with Crippen molar-refractivity contribution in [3.05, 3.63) is 18.2 Å². The number of carbonyl (C=O) groups is 1. The van der Waals surface area contributed by atoms with E-state index in [1.54, 1.807) is 17.8 Å². The normalized spacial score (nSPS) is 22.1. The summed E-state index contributed by atoms with van der Waals surface area (Å²) in [5, 5.41) is 12.8. The Morgan fingerprint density at radius 3 is 2.78 bits per heavy atom. The minimum Gasteiger partial charge on any atom is -0.506 e. The van der Waals surface area contributed by atoms with E-state index in [2.05, 4.69) is 5.32 Å². The van der Waals surface area contributed by atoms with Crippen LogP contribution in [-0.4, -0.2) is 16.8 Å². The molecular weight excluding hydrogens is 246 g/mol. The van der Waals surface area contributed by atoms with Crippen molar-refractivity contribution < 1.29 is 9.90 Å². The van der Waals surface area contributed by atoms with Gasteiger partial charge < -0.3 is 10.4 Å². The van der Waals surface area contributed by atoms with Gasteiger partial charge in [0.05, 0.1) is 11.1 Å². The molecule has 4 heteroatoms. The Balaban J connectivity index is 1.95. The van der Waals surface area contributed by atoms with Crippen molar-refractivity contribution in [1.82, 2.24) is 0 Å². The smallest absolute Gasteiger partial charge is 0.231 e. The molecule has 96 valence electrons. The predicted octanol–water partition coefficient (Wildman–Crippen LogP) is 3.39. The van der Waals surface area contributed by atoms with Crippen molar-refractivity contribution >= 4 is 23.4 Å². The van der Waals surface area contributed by atoms with Gasteiger partial charge in [0, 0.05) is 10.6 Å². The van der Waals surface area contributed by atoms with Crippen molar-refractivity contribution in [3.63, 3.8) is 0 Å². The van der Waals surface area contributed by atoms with Crippen LogP contribution in [0.15, 0.2) is 23.1 Å². The zero-order valence-corrected chi connectivity index (χ0v) is 11.1. The van der Waals surface area contributed by atoms with E-state index in [0.29, 0.717) is 5.69 Å². The molecule has 1 fully saturated rings. The highest BCUT2D eigenvalue weighted by Gasteiger charge is 2.41. The maximum Gasteiger partial charge on any atom is 0.231 e. The molecule has 1 amide bonds. The van der Waals surface area contributed by atoms with E-state index >= 15 is 0 Å². The molecule has 2 N–H and O–H groups in total. The molecule has 1 saturated carbocycles. The number of para-hydroxylation sites is 1. The molecule has 2 aliphatic rings. The Morgan fingerprint density at radius 1 is 1.22 bits per heavy atom. The maximum absolute atomic E-state index is 12.5. The summed E-state index contributed by atoms with van der Waals surface area (Å²) in [5.41, 5.74) is 0.365. The first-order chi connectivity index (χ1) is 8.71. The number of nitrogens with one attached hydrogen (secondary N) is 1. The van der Waals surface area contributed by atoms with Crippen molar-refractivity contribution in [2.45, 2.75) is 37.0 Å². The van der Waals surface area contributed by atoms with Gasteiger partial charge in [0.15, 0.2) is 0 Å². The first-order valence-corrected chi connectivity index (χ1v) is 7.46. The lowest BCUT2D eigenvalue weighted by Crippen LogP contribution is -2.39. The number of aromatic hydroxyl groups is 1. The summed E-state index contributed by atoms with van der Waals surface area (Å²) >= 11 is 1.69. The Labute approximate surface area is 111 Å². The molecule has 1 aliphatic heterocycles. The number of rotatable bonds is 0. The van der Waals surface area contributed by atoms with Crippen LogP contribution in [0.1, 0.15) is 32.1 Å². The molecule has 3 nitrogen and oxygen atoms in total. The van der Waals surface area contributed by atoms with Crippen LogP contribution in [-0.2, 0) is 4.79 Å². The Bertz CT molecular complexity index is 481. The quantitative estimate of drug-likeness (QED) is 0.705. The standard InChI is InChI=1S/C14H17NO2S/c16-10-5-4-6-11-12(10)15-13(17)14(9-18-11)7-2-1-3-8-14/h4-6,16H,1-3,7-9H2,(H,15,17). The van der Waals surface area contributed by atoms with Gasteiger partial charge >= 0.3 is 0 Å². The molecule has 0 radical (unpaired) electrons. The number of fused-ring (bicyclic) bond motifs is 1. The molecule has 0 aromatic heterocycles. The molecule has 3 rings (SSSR count). The summed E-state index contributed by atoms with van der Waals surface area (Å²) in [7, 11) is 0. The summed E-state index contributed by atoms with van der Waals surface area (Å²) in [6, 6.07) is 5.41. The lowest BCUT2D eigenvalue weighted by Gasteiger charge is -2.33. The van der Waals surface area contributed by atoms with Gasteiger partial charge in [0.1, 0.15) is 5.75 Å². The highest BCUT2D eigenvalue weighted by molar-refractivity contribution is 7.99. The summed E-state index contributed by atoms with van der Waals surface area (Å²) in [6.07, 6.45) is 5.45. The molecule has 18 heavy (non-hydrogen) atoms. The monoisotopic (exact) mass is 263 g/mol. The van der Waals surface area contributed by atoms with E-state index in [1.165, 1.54) is 6.42 Å². The summed E-state index contributed by atoms with van der Waals surface area (Å²) in [6.45, 7) is 0. The average molecular weight is 263 g/mol. The van der Waals surface area contributed by atoms with Gasteiger partial charge in [-0.05, 0) is 25.0 Å². The molecule has 0 bridgehead atoms. The number of amides is 1. The molecule has 0 atom stereocenters. The fourth-order valence-electron chi connectivity index (χ4n) is 2.89. The van der Waals surface area contributed by atoms with Crippen molar-refractivity contribution in [1.29, 1.82) is 0 Å². The van der Waals surface area contributed by atoms with Crippen LogP contribution in [0, 0.1) is 5.41 Å². The van der Waals surface area contributed by atoms with Crippen molar-refractivity contribution in [3.8, 4) is 5.75 Å². The van der Waals surface area contributed by atoms with E-state index in [1.807, 2.05) is 12.1 Å². The number of thioether (sulfide) groups is 1. The zero-order chi connectivity index (χ0) is 12.6. The van der Waals surface area contributed by atoms with Crippen LogP contribution in [0.2, 0.25) is 0 Å². The topological polar surface area (TPSA) is 49.3 Å². The van der Waals surface area contributed by atoms with Gasteiger partial charge in [-0.15, -0.1) is 11.8 Å². The van der Waals surface area contributed by atoms with Gasteiger partial charge in [-0.25, -0.2) is 0 Å². The van der Waals surface area contributed by atoms with Gasteiger partial charge in [-0.2, -0.15) is 0 Å². The number of hydrogen-bond acceptors (Lipinski definition) is 3. The minimum atomic E-state index is -0.228. The first-order valence-electron chi connectivity index (χ1n) is 6.48. The predicted molar refractivity (Wildman–Crippen MR) is 73.0 cm³/mol. The van der Waals surface area contributed by atoms with Crippen LogP contribution < -0.4 is 5.32 Å². The molecular formula is C14H17NO2S. The second-order valence-electron chi connectivity index (χ2n) is 5.23.